The average Bonchev–Trinajstić information content (AvgIpc) is 2.53. The van der Waals surface area contributed by atoms with Crippen LogP contribution in [0.15, 0.2) is 48.5 Å². The van der Waals surface area contributed by atoms with Crippen LogP contribution in [0.5, 0.6) is 11.5 Å². The van der Waals surface area contributed by atoms with Gasteiger partial charge in [-0.05, 0) is 24.3 Å². The van der Waals surface area contributed by atoms with Gasteiger partial charge in [0.05, 0.1) is 12.8 Å². The molecule has 2 aromatic rings. The van der Waals surface area contributed by atoms with Crippen molar-refractivity contribution in [2.45, 2.75) is 0 Å². The van der Waals surface area contributed by atoms with Crippen molar-refractivity contribution in [2.75, 3.05) is 19.0 Å². The van der Waals surface area contributed by atoms with Crippen molar-refractivity contribution in [1.29, 1.82) is 0 Å². The average molecular weight is 301 g/mol. The quantitative estimate of drug-likeness (QED) is 0.827. The van der Waals surface area contributed by atoms with Gasteiger partial charge >= 0.3 is 5.97 Å². The van der Waals surface area contributed by atoms with Gasteiger partial charge in [0.25, 0.3) is 5.91 Å². The number of amides is 1. The highest BCUT2D eigenvalue weighted by Gasteiger charge is 2.14. The summed E-state index contributed by atoms with van der Waals surface area (Å²) in [7, 11) is 1.49. The Kier molecular flexibility index (Phi) is 4.98. The van der Waals surface area contributed by atoms with E-state index in [2.05, 4.69) is 5.32 Å². The molecule has 2 aromatic carbocycles. The van der Waals surface area contributed by atoms with Crippen LogP contribution in [0.4, 0.5) is 5.69 Å². The van der Waals surface area contributed by atoms with Gasteiger partial charge in [-0.3, -0.25) is 4.79 Å². The molecule has 0 aromatic heterocycles. The topological polar surface area (TPSA) is 84.9 Å². The minimum atomic E-state index is -0.770. The van der Waals surface area contributed by atoms with Crippen molar-refractivity contribution in [3.63, 3.8) is 0 Å². The Balaban J connectivity index is 1.93. The van der Waals surface area contributed by atoms with Gasteiger partial charge in [0.1, 0.15) is 17.1 Å². The molecule has 0 heterocycles. The van der Waals surface area contributed by atoms with E-state index in [1.165, 1.54) is 19.2 Å². The van der Waals surface area contributed by atoms with Gasteiger partial charge < -0.3 is 19.9 Å². The number of anilines is 1. The van der Waals surface area contributed by atoms with E-state index in [1.807, 2.05) is 0 Å². The Morgan fingerprint density at radius 1 is 1.09 bits per heavy atom. The number of benzene rings is 2. The largest absolute Gasteiger partial charge is 0.507 e. The third-order valence-electron chi connectivity index (χ3n) is 2.84. The lowest BCUT2D eigenvalue weighted by atomic mass is 10.2. The summed E-state index contributed by atoms with van der Waals surface area (Å²) >= 11 is 0. The molecule has 22 heavy (non-hydrogen) atoms. The number of aromatic hydroxyl groups is 1. The minimum Gasteiger partial charge on any atom is -0.507 e. The molecule has 0 spiro atoms. The van der Waals surface area contributed by atoms with Crippen molar-refractivity contribution in [2.24, 2.45) is 0 Å². The zero-order valence-electron chi connectivity index (χ0n) is 11.9. The number of phenols is 1. The van der Waals surface area contributed by atoms with Crippen LogP contribution in [-0.2, 0) is 9.53 Å². The molecule has 2 rings (SSSR count). The molecule has 0 aliphatic rings. The lowest BCUT2D eigenvalue weighted by molar-refractivity contribution is -0.119. The second kappa shape index (κ2) is 7.12. The summed E-state index contributed by atoms with van der Waals surface area (Å²) in [5.41, 5.74) is 0.487. The first kappa shape index (κ1) is 15.4. The fourth-order valence-corrected chi connectivity index (χ4v) is 1.79. The first-order valence-corrected chi connectivity index (χ1v) is 6.50. The van der Waals surface area contributed by atoms with Crippen LogP contribution in [0, 0.1) is 0 Å². The predicted octanol–water partition coefficient (Wildman–Crippen LogP) is 2.20. The number of esters is 1. The van der Waals surface area contributed by atoms with E-state index in [0.717, 1.165) is 0 Å². The van der Waals surface area contributed by atoms with E-state index in [9.17, 15) is 14.7 Å². The highest BCUT2D eigenvalue weighted by molar-refractivity contribution is 5.97. The van der Waals surface area contributed by atoms with Gasteiger partial charge in [-0.2, -0.15) is 0 Å². The summed E-state index contributed by atoms with van der Waals surface area (Å²) in [6.07, 6.45) is 0. The molecule has 6 heteroatoms. The van der Waals surface area contributed by atoms with E-state index in [1.54, 1.807) is 36.4 Å². The van der Waals surface area contributed by atoms with E-state index in [4.69, 9.17) is 9.47 Å². The molecule has 0 radical (unpaired) electrons. The molecule has 6 nitrogen and oxygen atoms in total. The Morgan fingerprint density at radius 3 is 2.50 bits per heavy atom. The van der Waals surface area contributed by atoms with Crippen molar-refractivity contribution < 1.29 is 24.2 Å². The lowest BCUT2D eigenvalue weighted by Crippen LogP contribution is -2.21. The summed E-state index contributed by atoms with van der Waals surface area (Å²) < 4.78 is 9.97. The van der Waals surface area contributed by atoms with Crippen LogP contribution in [-0.4, -0.2) is 30.7 Å². The summed E-state index contributed by atoms with van der Waals surface area (Å²) in [6.45, 7) is -0.467. The standard InChI is InChI=1S/C16H15NO5/c1-21-14-9-5-3-7-12(14)17-15(19)10-22-16(20)11-6-2-4-8-13(11)18/h2-9,18H,10H2,1H3,(H,17,19). The number of nitrogens with one attached hydrogen (secondary N) is 1. The van der Waals surface area contributed by atoms with Crippen LogP contribution < -0.4 is 10.1 Å². The summed E-state index contributed by atoms with van der Waals surface area (Å²) in [6, 6.07) is 12.8. The maximum Gasteiger partial charge on any atom is 0.342 e. The number of rotatable bonds is 5. The summed E-state index contributed by atoms with van der Waals surface area (Å²) in [5, 5.41) is 12.1. The smallest absolute Gasteiger partial charge is 0.342 e. The lowest BCUT2D eigenvalue weighted by Gasteiger charge is -2.10. The van der Waals surface area contributed by atoms with Crippen molar-refractivity contribution in [3.8, 4) is 11.5 Å². The Labute approximate surface area is 127 Å². The summed E-state index contributed by atoms with van der Waals surface area (Å²) in [5.74, 6) is -0.970. The van der Waals surface area contributed by atoms with Crippen LogP contribution in [0.25, 0.3) is 0 Å². The van der Waals surface area contributed by atoms with Gasteiger partial charge in [0.15, 0.2) is 6.61 Å². The van der Waals surface area contributed by atoms with Crippen LogP contribution >= 0.6 is 0 Å². The molecule has 0 fully saturated rings. The molecular weight excluding hydrogens is 286 g/mol. The van der Waals surface area contributed by atoms with Gasteiger partial charge in [-0.15, -0.1) is 0 Å². The van der Waals surface area contributed by atoms with Gasteiger partial charge in [0, 0.05) is 0 Å². The second-order valence-corrected chi connectivity index (χ2v) is 4.34. The first-order chi connectivity index (χ1) is 10.6. The summed E-state index contributed by atoms with van der Waals surface area (Å²) in [4.78, 5) is 23.6. The number of methoxy groups -OCH3 is 1. The second-order valence-electron chi connectivity index (χ2n) is 4.34. The molecule has 114 valence electrons. The van der Waals surface area contributed by atoms with Crippen LogP contribution in [0.1, 0.15) is 10.4 Å². The number of para-hydroxylation sites is 3. The monoisotopic (exact) mass is 301 g/mol. The number of phenolic OH excluding ortho intramolecular Hbond substituents is 1. The minimum absolute atomic E-state index is 0.00703. The molecule has 0 aliphatic carbocycles. The number of carbonyl (C=O) groups excluding carboxylic acids is 2. The van der Waals surface area contributed by atoms with Crippen molar-refractivity contribution in [3.05, 3.63) is 54.1 Å². The fraction of sp³-hybridized carbons (Fsp3) is 0.125. The molecular formula is C16H15NO5. The van der Waals surface area contributed by atoms with Crippen LogP contribution in [0.2, 0.25) is 0 Å². The third kappa shape index (κ3) is 3.76. The van der Waals surface area contributed by atoms with E-state index >= 15 is 0 Å². The van der Waals surface area contributed by atoms with E-state index < -0.39 is 18.5 Å². The van der Waals surface area contributed by atoms with Gasteiger partial charge in [-0.25, -0.2) is 4.79 Å². The van der Waals surface area contributed by atoms with Crippen molar-refractivity contribution in [1.82, 2.24) is 0 Å². The SMILES string of the molecule is COc1ccccc1NC(=O)COC(=O)c1ccccc1O. The number of hydrogen-bond acceptors (Lipinski definition) is 5. The molecule has 0 aliphatic heterocycles. The molecule has 0 bridgehead atoms. The van der Waals surface area contributed by atoms with Gasteiger partial charge in [0.2, 0.25) is 0 Å². The predicted molar refractivity (Wildman–Crippen MR) is 80.0 cm³/mol. The highest BCUT2D eigenvalue weighted by atomic mass is 16.5. The van der Waals surface area contributed by atoms with Crippen LogP contribution in [0.3, 0.4) is 0 Å². The molecule has 0 saturated heterocycles. The highest BCUT2D eigenvalue weighted by Crippen LogP contribution is 2.23. The molecule has 0 atom stereocenters. The van der Waals surface area contributed by atoms with Crippen molar-refractivity contribution >= 4 is 17.6 Å². The zero-order chi connectivity index (χ0) is 15.9. The Hall–Kier alpha value is -3.02. The Bertz CT molecular complexity index is 684. The molecule has 0 unspecified atom stereocenters. The normalized spacial score (nSPS) is 9.86. The van der Waals surface area contributed by atoms with E-state index in [0.29, 0.717) is 11.4 Å². The number of carbonyl (C=O) groups is 2. The molecule has 2 N–H and O–H groups in total. The Morgan fingerprint density at radius 2 is 1.77 bits per heavy atom. The van der Waals surface area contributed by atoms with Gasteiger partial charge in [-0.1, -0.05) is 24.3 Å². The molecule has 0 saturated carbocycles. The third-order valence-corrected chi connectivity index (χ3v) is 2.84. The first-order valence-electron chi connectivity index (χ1n) is 6.50. The maximum atomic E-state index is 11.8. The fourth-order valence-electron chi connectivity index (χ4n) is 1.79. The number of ether oxygens (including phenoxy) is 2. The van der Waals surface area contributed by atoms with E-state index in [-0.39, 0.29) is 11.3 Å². The zero-order valence-corrected chi connectivity index (χ0v) is 11.9. The maximum absolute atomic E-state index is 11.8. The molecule has 1 amide bonds. The number of hydrogen-bond donors (Lipinski definition) is 2.